The van der Waals surface area contributed by atoms with Crippen LogP contribution in [0.25, 0.3) is 0 Å². The zero-order chi connectivity index (χ0) is 8.81. The highest BCUT2D eigenvalue weighted by atomic mass is 79.9. The number of halogens is 1. The lowest BCUT2D eigenvalue weighted by Crippen LogP contribution is -2.17. The third-order valence-corrected chi connectivity index (χ3v) is 1.86. The maximum Gasteiger partial charge on any atom is 0.129 e. The molecule has 1 rings (SSSR count). The van der Waals surface area contributed by atoms with Gasteiger partial charge in [-0.3, -0.25) is 0 Å². The molecule has 0 saturated carbocycles. The predicted molar refractivity (Wildman–Crippen MR) is 52.0 cm³/mol. The Kier molecular flexibility index (Phi) is 4.18. The molecule has 0 bridgehead atoms. The number of rotatable bonds is 4. The summed E-state index contributed by atoms with van der Waals surface area (Å²) in [5.74, 6) is 0.888. The van der Waals surface area contributed by atoms with Crippen molar-refractivity contribution in [2.24, 2.45) is 0 Å². The summed E-state index contributed by atoms with van der Waals surface area (Å²) >= 11 is 3.29. The summed E-state index contributed by atoms with van der Waals surface area (Å²) in [6.07, 6.45) is 4.43. The van der Waals surface area contributed by atoms with Crippen LogP contribution in [0.3, 0.4) is 0 Å². The third kappa shape index (κ3) is 3.28. The predicted octanol–water partition coefficient (Wildman–Crippen LogP) is 1.39. The Morgan fingerprint density at radius 3 is 2.67 bits per heavy atom. The van der Waals surface area contributed by atoms with Crippen LogP contribution in [-0.4, -0.2) is 23.1 Å². The highest BCUT2D eigenvalue weighted by Crippen LogP contribution is 2.04. The van der Waals surface area contributed by atoms with Gasteiger partial charge in [0, 0.05) is 25.4 Å². The van der Waals surface area contributed by atoms with Crippen LogP contribution in [0.15, 0.2) is 16.9 Å². The Labute approximate surface area is 80.7 Å². The molecule has 0 unspecified atom stereocenters. The fraction of sp³-hybridized carbons (Fsp3) is 0.500. The minimum absolute atomic E-state index is 0.888. The summed E-state index contributed by atoms with van der Waals surface area (Å²) in [4.78, 5) is 8.30. The maximum atomic E-state index is 4.15. The van der Waals surface area contributed by atoms with Gasteiger partial charge in [-0.25, -0.2) is 9.97 Å². The van der Waals surface area contributed by atoms with Gasteiger partial charge in [-0.05, 0) is 22.5 Å². The highest BCUT2D eigenvalue weighted by molar-refractivity contribution is 9.10. The summed E-state index contributed by atoms with van der Waals surface area (Å²) in [5.41, 5.74) is 0. The average molecular weight is 230 g/mol. The highest BCUT2D eigenvalue weighted by Gasteiger charge is 1.94. The first-order chi connectivity index (χ1) is 5.83. The van der Waals surface area contributed by atoms with E-state index in [0.29, 0.717) is 0 Å². The number of hydrogen-bond acceptors (Lipinski definition) is 3. The van der Waals surface area contributed by atoms with E-state index in [1.54, 1.807) is 12.4 Å². The molecule has 1 N–H and O–H groups in total. The summed E-state index contributed by atoms with van der Waals surface area (Å²) < 4.78 is 0.926. The first-order valence-electron chi connectivity index (χ1n) is 4.00. The minimum atomic E-state index is 0.888. The fourth-order valence-electron chi connectivity index (χ4n) is 0.845. The molecule has 12 heavy (non-hydrogen) atoms. The molecule has 4 heteroatoms. The molecular weight excluding hydrogens is 218 g/mol. The Hall–Kier alpha value is -0.480. The molecule has 0 spiro atoms. The summed E-state index contributed by atoms with van der Waals surface area (Å²) in [7, 11) is 0. The molecule has 0 amide bonds. The van der Waals surface area contributed by atoms with E-state index in [9.17, 15) is 0 Å². The van der Waals surface area contributed by atoms with Crippen LogP contribution in [0.2, 0.25) is 0 Å². The minimum Gasteiger partial charge on any atom is -0.317 e. The lowest BCUT2D eigenvalue weighted by molar-refractivity contribution is 0.695. The normalized spacial score (nSPS) is 10.2. The molecular formula is C8H12BrN3. The molecule has 0 fully saturated rings. The third-order valence-electron chi connectivity index (χ3n) is 1.45. The van der Waals surface area contributed by atoms with Gasteiger partial charge in [-0.15, -0.1) is 0 Å². The van der Waals surface area contributed by atoms with Gasteiger partial charge in [0.25, 0.3) is 0 Å². The van der Waals surface area contributed by atoms with Gasteiger partial charge in [0.2, 0.25) is 0 Å². The first kappa shape index (κ1) is 9.61. The molecule has 3 nitrogen and oxygen atoms in total. The Morgan fingerprint density at radius 2 is 2.08 bits per heavy atom. The Morgan fingerprint density at radius 1 is 1.42 bits per heavy atom. The van der Waals surface area contributed by atoms with E-state index in [0.717, 1.165) is 29.8 Å². The second kappa shape index (κ2) is 5.22. The average Bonchev–Trinajstić information content (AvgIpc) is 2.09. The van der Waals surface area contributed by atoms with Crippen LogP contribution in [0.1, 0.15) is 12.7 Å². The Bertz CT molecular complexity index is 222. The quantitative estimate of drug-likeness (QED) is 0.794. The molecule has 1 heterocycles. The van der Waals surface area contributed by atoms with Gasteiger partial charge in [0.05, 0.1) is 4.47 Å². The summed E-state index contributed by atoms with van der Waals surface area (Å²) in [6.45, 7) is 4.02. The van der Waals surface area contributed by atoms with Crippen molar-refractivity contribution < 1.29 is 0 Å². The van der Waals surface area contributed by atoms with E-state index in [2.05, 4.69) is 38.1 Å². The van der Waals surface area contributed by atoms with Crippen molar-refractivity contribution in [3.63, 3.8) is 0 Å². The maximum absolute atomic E-state index is 4.15. The van der Waals surface area contributed by atoms with E-state index in [4.69, 9.17) is 0 Å². The molecule has 1 aromatic heterocycles. The standard InChI is InChI=1S/C8H12BrN3/c1-2-10-4-3-8-11-5-7(9)6-12-8/h5-6,10H,2-4H2,1H3. The van der Waals surface area contributed by atoms with E-state index in [-0.39, 0.29) is 0 Å². The summed E-state index contributed by atoms with van der Waals surface area (Å²) in [5, 5.41) is 3.22. The Balaban J connectivity index is 2.37. The van der Waals surface area contributed by atoms with Crippen LogP contribution in [-0.2, 0) is 6.42 Å². The monoisotopic (exact) mass is 229 g/mol. The van der Waals surface area contributed by atoms with Crippen molar-refractivity contribution in [3.05, 3.63) is 22.7 Å². The second-order valence-corrected chi connectivity index (χ2v) is 3.34. The van der Waals surface area contributed by atoms with Gasteiger partial charge >= 0.3 is 0 Å². The molecule has 0 aliphatic rings. The SMILES string of the molecule is CCNCCc1ncc(Br)cn1. The zero-order valence-electron chi connectivity index (χ0n) is 7.05. The van der Waals surface area contributed by atoms with Gasteiger partial charge in [0.15, 0.2) is 0 Å². The van der Waals surface area contributed by atoms with Gasteiger partial charge < -0.3 is 5.32 Å². The molecule has 1 aromatic rings. The largest absolute Gasteiger partial charge is 0.317 e. The van der Waals surface area contributed by atoms with Crippen LogP contribution >= 0.6 is 15.9 Å². The fourth-order valence-corrected chi connectivity index (χ4v) is 1.05. The molecule has 0 saturated heterocycles. The van der Waals surface area contributed by atoms with Crippen LogP contribution in [0, 0.1) is 0 Å². The van der Waals surface area contributed by atoms with Gasteiger partial charge in [-0.1, -0.05) is 6.92 Å². The summed E-state index contributed by atoms with van der Waals surface area (Å²) in [6, 6.07) is 0. The van der Waals surface area contributed by atoms with Gasteiger partial charge in [-0.2, -0.15) is 0 Å². The van der Waals surface area contributed by atoms with Crippen LogP contribution < -0.4 is 5.32 Å². The number of hydrogen-bond donors (Lipinski definition) is 1. The van der Waals surface area contributed by atoms with Crippen LogP contribution in [0.5, 0.6) is 0 Å². The van der Waals surface area contributed by atoms with Crippen molar-refractivity contribution in [1.82, 2.24) is 15.3 Å². The molecule has 0 aromatic carbocycles. The molecule has 0 aliphatic carbocycles. The molecule has 0 atom stereocenters. The van der Waals surface area contributed by atoms with Crippen molar-refractivity contribution >= 4 is 15.9 Å². The first-order valence-corrected chi connectivity index (χ1v) is 4.79. The zero-order valence-corrected chi connectivity index (χ0v) is 8.63. The van der Waals surface area contributed by atoms with Crippen molar-refractivity contribution in [3.8, 4) is 0 Å². The lowest BCUT2D eigenvalue weighted by atomic mass is 10.4. The number of nitrogens with one attached hydrogen (secondary N) is 1. The number of likely N-dealkylation sites (N-methyl/N-ethyl adjacent to an activating group) is 1. The van der Waals surface area contributed by atoms with E-state index in [1.165, 1.54) is 0 Å². The molecule has 0 radical (unpaired) electrons. The van der Waals surface area contributed by atoms with Gasteiger partial charge in [0.1, 0.15) is 5.82 Å². The second-order valence-electron chi connectivity index (χ2n) is 2.42. The van der Waals surface area contributed by atoms with Crippen molar-refractivity contribution in [2.45, 2.75) is 13.3 Å². The van der Waals surface area contributed by atoms with Crippen molar-refractivity contribution in [1.29, 1.82) is 0 Å². The smallest absolute Gasteiger partial charge is 0.129 e. The number of nitrogens with zero attached hydrogens (tertiary/aromatic N) is 2. The van der Waals surface area contributed by atoms with E-state index >= 15 is 0 Å². The van der Waals surface area contributed by atoms with Crippen molar-refractivity contribution in [2.75, 3.05) is 13.1 Å². The number of aromatic nitrogens is 2. The topological polar surface area (TPSA) is 37.8 Å². The lowest BCUT2D eigenvalue weighted by Gasteiger charge is -1.99. The molecule has 66 valence electrons. The molecule has 0 aliphatic heterocycles. The van der Waals surface area contributed by atoms with Crippen LogP contribution in [0.4, 0.5) is 0 Å². The van der Waals surface area contributed by atoms with E-state index in [1.807, 2.05) is 0 Å². The van der Waals surface area contributed by atoms with E-state index < -0.39 is 0 Å².